The van der Waals surface area contributed by atoms with E-state index < -0.39 is 0 Å². The van der Waals surface area contributed by atoms with Crippen LogP contribution in [0, 0.1) is 6.92 Å². The molecule has 5 heteroatoms. The fourth-order valence-corrected chi connectivity index (χ4v) is 3.75. The van der Waals surface area contributed by atoms with Gasteiger partial charge in [-0.25, -0.2) is 9.97 Å². The van der Waals surface area contributed by atoms with Crippen molar-refractivity contribution in [2.45, 2.75) is 33.1 Å². The molecule has 2 heterocycles. The predicted molar refractivity (Wildman–Crippen MR) is 113 cm³/mol. The minimum absolute atomic E-state index is 0.0627. The number of fused-ring (bicyclic) bond motifs is 1. The maximum atomic E-state index is 13.0. The van der Waals surface area contributed by atoms with Crippen molar-refractivity contribution in [3.63, 3.8) is 0 Å². The van der Waals surface area contributed by atoms with E-state index in [0.717, 1.165) is 45.9 Å². The first-order chi connectivity index (χ1) is 14.0. The molecular weight excluding hydrogens is 362 g/mol. The van der Waals surface area contributed by atoms with E-state index in [1.165, 1.54) is 0 Å². The van der Waals surface area contributed by atoms with Crippen molar-refractivity contribution >= 4 is 5.91 Å². The van der Waals surface area contributed by atoms with E-state index in [1.807, 2.05) is 55.1 Å². The largest absolute Gasteiger partial charge is 0.508 e. The number of amides is 1. The van der Waals surface area contributed by atoms with Gasteiger partial charge in [-0.3, -0.25) is 4.79 Å². The summed E-state index contributed by atoms with van der Waals surface area (Å²) in [7, 11) is 0. The van der Waals surface area contributed by atoms with Gasteiger partial charge in [0.15, 0.2) is 0 Å². The highest BCUT2D eigenvalue weighted by atomic mass is 16.3. The van der Waals surface area contributed by atoms with E-state index in [0.29, 0.717) is 25.9 Å². The number of phenolic OH excluding ortho intramolecular Hbond substituents is 1. The fourth-order valence-electron chi connectivity index (χ4n) is 3.75. The van der Waals surface area contributed by atoms with Gasteiger partial charge >= 0.3 is 0 Å². The first-order valence-electron chi connectivity index (χ1n) is 10.1. The molecule has 0 saturated carbocycles. The Morgan fingerprint density at radius 3 is 2.38 bits per heavy atom. The van der Waals surface area contributed by atoms with Crippen LogP contribution in [-0.2, 0) is 19.3 Å². The molecule has 1 amide bonds. The second-order valence-corrected chi connectivity index (χ2v) is 7.47. The summed E-state index contributed by atoms with van der Waals surface area (Å²) < 4.78 is 0. The number of nitrogens with zero attached hydrogens (tertiary/aromatic N) is 3. The quantitative estimate of drug-likeness (QED) is 0.739. The number of rotatable bonds is 3. The van der Waals surface area contributed by atoms with Gasteiger partial charge in [0, 0.05) is 48.3 Å². The summed E-state index contributed by atoms with van der Waals surface area (Å²) in [5, 5.41) is 9.63. The van der Waals surface area contributed by atoms with Gasteiger partial charge in [-0.05, 0) is 49.7 Å². The molecule has 1 N–H and O–H groups in total. The Morgan fingerprint density at radius 2 is 1.69 bits per heavy atom. The van der Waals surface area contributed by atoms with Crippen LogP contribution >= 0.6 is 0 Å². The van der Waals surface area contributed by atoms with Crippen molar-refractivity contribution in [1.82, 2.24) is 14.9 Å². The lowest BCUT2D eigenvalue weighted by molar-refractivity contribution is 0.0763. The molecule has 0 spiro atoms. The molecule has 0 bridgehead atoms. The lowest BCUT2D eigenvalue weighted by Crippen LogP contribution is -2.33. The lowest BCUT2D eigenvalue weighted by atomic mass is 10.0. The van der Waals surface area contributed by atoms with Gasteiger partial charge in [0.2, 0.25) is 0 Å². The van der Waals surface area contributed by atoms with E-state index in [1.54, 1.807) is 12.1 Å². The zero-order chi connectivity index (χ0) is 20.4. The number of aryl methyl sites for hydroxylation is 2. The minimum atomic E-state index is 0.0627. The van der Waals surface area contributed by atoms with Crippen LogP contribution in [0.4, 0.5) is 0 Å². The Hall–Kier alpha value is -3.21. The van der Waals surface area contributed by atoms with E-state index in [9.17, 15) is 9.90 Å². The summed E-state index contributed by atoms with van der Waals surface area (Å²) in [5.41, 5.74) is 5.88. The lowest BCUT2D eigenvalue weighted by Gasteiger charge is -2.20. The van der Waals surface area contributed by atoms with Crippen LogP contribution in [0.1, 0.15) is 39.9 Å². The maximum Gasteiger partial charge on any atom is 0.253 e. The molecule has 0 saturated heterocycles. The predicted octanol–water partition coefficient (Wildman–Crippen LogP) is 3.96. The van der Waals surface area contributed by atoms with Gasteiger partial charge < -0.3 is 10.0 Å². The van der Waals surface area contributed by atoms with E-state index in [-0.39, 0.29) is 11.7 Å². The molecular formula is C24H25N3O2. The zero-order valence-electron chi connectivity index (χ0n) is 16.9. The number of aromatic nitrogens is 2. The molecule has 5 nitrogen and oxygen atoms in total. The van der Waals surface area contributed by atoms with Crippen molar-refractivity contribution in [3.8, 4) is 17.0 Å². The van der Waals surface area contributed by atoms with Crippen molar-refractivity contribution < 1.29 is 9.90 Å². The third-order valence-electron chi connectivity index (χ3n) is 5.43. The first kappa shape index (κ1) is 19.1. The van der Waals surface area contributed by atoms with Gasteiger partial charge in [-0.1, -0.05) is 24.6 Å². The summed E-state index contributed by atoms with van der Waals surface area (Å²) in [6, 6.07) is 14.9. The van der Waals surface area contributed by atoms with E-state index in [4.69, 9.17) is 9.97 Å². The molecule has 0 atom stereocenters. The summed E-state index contributed by atoms with van der Waals surface area (Å²) in [5.74, 6) is 1.11. The van der Waals surface area contributed by atoms with Crippen LogP contribution in [0.15, 0.2) is 48.5 Å². The molecule has 1 aliphatic rings. The van der Waals surface area contributed by atoms with E-state index in [2.05, 4.69) is 0 Å². The number of hydrogen-bond acceptors (Lipinski definition) is 4. The molecule has 1 aromatic heterocycles. The minimum Gasteiger partial charge on any atom is -0.508 e. The Bertz CT molecular complexity index is 1030. The van der Waals surface area contributed by atoms with Crippen LogP contribution in [0.5, 0.6) is 5.75 Å². The van der Waals surface area contributed by atoms with E-state index >= 15 is 0 Å². The fraction of sp³-hybridized carbons (Fsp3) is 0.292. The topological polar surface area (TPSA) is 66.3 Å². The highest BCUT2D eigenvalue weighted by Gasteiger charge is 2.24. The number of aromatic hydroxyl groups is 1. The Labute approximate surface area is 171 Å². The standard InChI is InChI=1S/C24H25N3O2/c1-3-22-25-21-13-15-27(24(29)18-6-4-16(2)5-7-18)14-12-20(21)23(26-22)17-8-10-19(28)11-9-17/h4-11,28H,3,12-15H2,1-2H3. The molecule has 4 rings (SSSR count). The molecule has 0 unspecified atom stereocenters. The third kappa shape index (κ3) is 3.99. The molecule has 29 heavy (non-hydrogen) atoms. The van der Waals surface area contributed by atoms with Crippen LogP contribution in [0.3, 0.4) is 0 Å². The van der Waals surface area contributed by atoms with Crippen molar-refractivity contribution in [2.24, 2.45) is 0 Å². The second kappa shape index (κ2) is 8.03. The van der Waals surface area contributed by atoms with Gasteiger partial charge in [-0.15, -0.1) is 0 Å². The number of hydrogen-bond donors (Lipinski definition) is 1. The van der Waals surface area contributed by atoms with Gasteiger partial charge in [0.1, 0.15) is 11.6 Å². The molecule has 1 aliphatic heterocycles. The summed E-state index contributed by atoms with van der Waals surface area (Å²) in [6.07, 6.45) is 2.19. The number of carbonyl (C=O) groups is 1. The van der Waals surface area contributed by atoms with Crippen molar-refractivity contribution in [2.75, 3.05) is 13.1 Å². The Morgan fingerprint density at radius 1 is 1.00 bits per heavy atom. The maximum absolute atomic E-state index is 13.0. The molecule has 2 aromatic carbocycles. The number of carbonyl (C=O) groups excluding carboxylic acids is 1. The summed E-state index contributed by atoms with van der Waals surface area (Å²) in [6.45, 7) is 5.35. The second-order valence-electron chi connectivity index (χ2n) is 7.47. The van der Waals surface area contributed by atoms with Gasteiger partial charge in [0.25, 0.3) is 5.91 Å². The third-order valence-corrected chi connectivity index (χ3v) is 5.43. The summed E-state index contributed by atoms with van der Waals surface area (Å²) in [4.78, 5) is 24.5. The van der Waals surface area contributed by atoms with Crippen LogP contribution < -0.4 is 0 Å². The first-order valence-corrected chi connectivity index (χ1v) is 10.1. The van der Waals surface area contributed by atoms with Crippen molar-refractivity contribution in [3.05, 3.63) is 76.7 Å². The highest BCUT2D eigenvalue weighted by molar-refractivity contribution is 5.94. The Balaban J connectivity index is 1.65. The summed E-state index contributed by atoms with van der Waals surface area (Å²) >= 11 is 0. The molecule has 3 aromatic rings. The highest BCUT2D eigenvalue weighted by Crippen LogP contribution is 2.28. The van der Waals surface area contributed by atoms with Crippen LogP contribution in [0.2, 0.25) is 0 Å². The molecule has 0 radical (unpaired) electrons. The number of phenols is 1. The smallest absolute Gasteiger partial charge is 0.253 e. The van der Waals surface area contributed by atoms with Crippen molar-refractivity contribution in [1.29, 1.82) is 0 Å². The average molecular weight is 387 g/mol. The molecule has 0 fully saturated rings. The zero-order valence-corrected chi connectivity index (χ0v) is 16.9. The normalized spacial score (nSPS) is 13.7. The number of benzene rings is 2. The van der Waals surface area contributed by atoms with Gasteiger partial charge in [-0.2, -0.15) is 0 Å². The van der Waals surface area contributed by atoms with Gasteiger partial charge in [0.05, 0.1) is 5.69 Å². The molecule has 0 aliphatic carbocycles. The molecule has 148 valence electrons. The monoisotopic (exact) mass is 387 g/mol. The SMILES string of the molecule is CCc1nc2c(c(-c3ccc(O)cc3)n1)CCN(C(=O)c1ccc(C)cc1)CC2. The van der Waals surface area contributed by atoms with Crippen LogP contribution in [0.25, 0.3) is 11.3 Å². The Kier molecular flexibility index (Phi) is 5.30. The average Bonchev–Trinajstić information content (AvgIpc) is 2.96. The van der Waals surface area contributed by atoms with Crippen LogP contribution in [-0.4, -0.2) is 39.0 Å².